The SMILES string of the molecule is Cl.Cl.Oc1c(CNCCCCCCCNc2c3c(nc4ccccc24)CCCC3)ccc2cccnc12. The van der Waals surface area contributed by atoms with Gasteiger partial charge in [0.25, 0.3) is 0 Å². The van der Waals surface area contributed by atoms with Gasteiger partial charge in [-0.1, -0.05) is 55.7 Å². The van der Waals surface area contributed by atoms with Crippen molar-refractivity contribution in [1.82, 2.24) is 15.3 Å². The first-order valence-corrected chi connectivity index (χ1v) is 13.2. The molecule has 4 aromatic rings. The van der Waals surface area contributed by atoms with Crippen LogP contribution in [-0.2, 0) is 19.4 Å². The number of unbranched alkanes of at least 4 members (excludes halogenated alkanes) is 4. The average molecular weight is 542 g/mol. The fourth-order valence-corrected chi connectivity index (χ4v) is 5.23. The van der Waals surface area contributed by atoms with Gasteiger partial charge in [0.1, 0.15) is 11.3 Å². The first kappa shape index (κ1) is 29.0. The van der Waals surface area contributed by atoms with E-state index in [1.54, 1.807) is 6.20 Å². The smallest absolute Gasteiger partial charge is 0.146 e. The molecule has 0 saturated carbocycles. The molecule has 0 radical (unpaired) electrons. The van der Waals surface area contributed by atoms with Crippen LogP contribution in [0.1, 0.15) is 61.8 Å². The van der Waals surface area contributed by atoms with E-state index < -0.39 is 0 Å². The van der Waals surface area contributed by atoms with Gasteiger partial charge in [-0.3, -0.25) is 9.97 Å². The maximum absolute atomic E-state index is 10.5. The van der Waals surface area contributed by atoms with Gasteiger partial charge < -0.3 is 15.7 Å². The number of phenolic OH excluding ortho intramolecular Hbond substituents is 1. The lowest BCUT2D eigenvalue weighted by Crippen LogP contribution is -2.14. The number of anilines is 1. The molecule has 198 valence electrons. The van der Waals surface area contributed by atoms with E-state index in [4.69, 9.17) is 4.98 Å². The molecule has 1 aliphatic rings. The van der Waals surface area contributed by atoms with Crippen molar-refractivity contribution < 1.29 is 5.11 Å². The number of hydrogen-bond acceptors (Lipinski definition) is 5. The van der Waals surface area contributed by atoms with Crippen LogP contribution in [0.25, 0.3) is 21.8 Å². The number of benzene rings is 2. The van der Waals surface area contributed by atoms with Gasteiger partial charge in [-0.05, 0) is 62.8 Å². The Morgan fingerprint density at radius 1 is 0.811 bits per heavy atom. The summed E-state index contributed by atoms with van der Waals surface area (Å²) in [7, 11) is 0. The molecule has 2 aromatic carbocycles. The lowest BCUT2D eigenvalue weighted by molar-refractivity contribution is 0.468. The third-order valence-corrected chi connectivity index (χ3v) is 7.15. The van der Waals surface area contributed by atoms with Crippen LogP contribution in [0.3, 0.4) is 0 Å². The first-order valence-electron chi connectivity index (χ1n) is 13.2. The number of hydrogen-bond donors (Lipinski definition) is 3. The van der Waals surface area contributed by atoms with E-state index in [2.05, 4.69) is 39.9 Å². The number of rotatable bonds is 11. The van der Waals surface area contributed by atoms with Gasteiger partial charge >= 0.3 is 0 Å². The molecular formula is C30H38Cl2N4O. The summed E-state index contributed by atoms with van der Waals surface area (Å²) < 4.78 is 0. The van der Waals surface area contributed by atoms with Crippen LogP contribution in [0.2, 0.25) is 0 Å². The van der Waals surface area contributed by atoms with E-state index in [0.29, 0.717) is 17.8 Å². The number of nitrogens with zero attached hydrogens (tertiary/aromatic N) is 2. The van der Waals surface area contributed by atoms with Crippen LogP contribution in [0, 0.1) is 0 Å². The molecule has 0 saturated heterocycles. The van der Waals surface area contributed by atoms with Crippen molar-refractivity contribution in [2.75, 3.05) is 18.4 Å². The standard InChI is InChI=1S/C30H36N4O.2ClH/c35-30-23(17-16-22-11-10-20-32-28(22)30)21-31-18-8-2-1-3-9-19-33-29-24-12-4-6-14-26(24)34-27-15-7-5-13-25(27)29;;/h4,6,10-12,14,16-17,20,31,35H,1-3,5,7-9,13,15,18-19,21H2,(H,33,34);2*1H. The highest BCUT2D eigenvalue weighted by Crippen LogP contribution is 2.33. The highest BCUT2D eigenvalue weighted by molar-refractivity contribution is 5.93. The third-order valence-electron chi connectivity index (χ3n) is 7.15. The molecule has 5 nitrogen and oxygen atoms in total. The predicted octanol–water partition coefficient (Wildman–Crippen LogP) is 7.36. The quantitative estimate of drug-likeness (QED) is 0.173. The Labute approximate surface area is 232 Å². The highest BCUT2D eigenvalue weighted by atomic mass is 35.5. The molecule has 2 heterocycles. The summed E-state index contributed by atoms with van der Waals surface area (Å²) in [5.41, 5.74) is 6.80. The summed E-state index contributed by atoms with van der Waals surface area (Å²) in [5.74, 6) is 0.298. The maximum Gasteiger partial charge on any atom is 0.146 e. The maximum atomic E-state index is 10.5. The average Bonchev–Trinajstić information content (AvgIpc) is 2.90. The number of aromatic hydroxyl groups is 1. The fourth-order valence-electron chi connectivity index (χ4n) is 5.23. The molecule has 1 aliphatic carbocycles. The van der Waals surface area contributed by atoms with Crippen LogP contribution < -0.4 is 10.6 Å². The Hall–Kier alpha value is -2.60. The van der Waals surface area contributed by atoms with Gasteiger partial charge in [-0.25, -0.2) is 0 Å². The third kappa shape index (κ3) is 7.04. The highest BCUT2D eigenvalue weighted by Gasteiger charge is 2.17. The zero-order chi connectivity index (χ0) is 23.9. The largest absolute Gasteiger partial charge is 0.505 e. The van der Waals surface area contributed by atoms with Crippen molar-refractivity contribution in [3.05, 3.63) is 71.5 Å². The van der Waals surface area contributed by atoms with Crippen LogP contribution in [0.15, 0.2) is 54.7 Å². The Bertz CT molecular complexity index is 1300. The zero-order valence-corrected chi connectivity index (χ0v) is 23.0. The lowest BCUT2D eigenvalue weighted by Gasteiger charge is -2.21. The first-order chi connectivity index (χ1) is 17.3. The van der Waals surface area contributed by atoms with Crippen molar-refractivity contribution in [3.8, 4) is 5.75 Å². The number of aromatic nitrogens is 2. The summed E-state index contributed by atoms with van der Waals surface area (Å²) >= 11 is 0. The molecule has 0 atom stereocenters. The molecule has 0 amide bonds. The topological polar surface area (TPSA) is 70.1 Å². The number of aryl methyl sites for hydroxylation is 1. The normalized spacial score (nSPS) is 12.5. The summed E-state index contributed by atoms with van der Waals surface area (Å²) in [6.07, 6.45) is 12.6. The molecule has 5 rings (SSSR count). The molecule has 3 N–H and O–H groups in total. The summed E-state index contributed by atoms with van der Waals surface area (Å²) in [6.45, 7) is 2.66. The second-order valence-corrected chi connectivity index (χ2v) is 9.66. The Morgan fingerprint density at radius 2 is 1.59 bits per heavy atom. The molecule has 7 heteroatoms. The molecule has 0 spiro atoms. The molecule has 0 fully saturated rings. The predicted molar refractivity (Wildman–Crippen MR) is 160 cm³/mol. The van der Waals surface area contributed by atoms with E-state index in [0.717, 1.165) is 48.8 Å². The Morgan fingerprint density at radius 3 is 2.49 bits per heavy atom. The van der Waals surface area contributed by atoms with Crippen molar-refractivity contribution in [1.29, 1.82) is 0 Å². The second kappa shape index (κ2) is 14.4. The van der Waals surface area contributed by atoms with Crippen LogP contribution in [0.5, 0.6) is 5.75 Å². The Balaban J connectivity index is 0.00000190. The van der Waals surface area contributed by atoms with Gasteiger partial charge in [-0.2, -0.15) is 0 Å². The minimum Gasteiger partial charge on any atom is -0.505 e. The van der Waals surface area contributed by atoms with Gasteiger partial charge in [0.15, 0.2) is 0 Å². The molecule has 2 aromatic heterocycles. The molecular weight excluding hydrogens is 503 g/mol. The molecule has 0 bridgehead atoms. The van der Waals surface area contributed by atoms with Crippen molar-refractivity contribution >= 4 is 52.3 Å². The van der Waals surface area contributed by atoms with E-state index in [9.17, 15) is 5.11 Å². The zero-order valence-electron chi connectivity index (χ0n) is 21.3. The number of para-hydroxylation sites is 1. The number of nitrogens with one attached hydrogen (secondary N) is 2. The molecule has 0 unspecified atom stereocenters. The van der Waals surface area contributed by atoms with Crippen LogP contribution in [0.4, 0.5) is 5.69 Å². The minimum absolute atomic E-state index is 0. The summed E-state index contributed by atoms with van der Waals surface area (Å²) in [5, 5.41) is 20.0. The van der Waals surface area contributed by atoms with Crippen LogP contribution >= 0.6 is 24.8 Å². The minimum atomic E-state index is 0. The fraction of sp³-hybridized carbons (Fsp3) is 0.400. The van der Waals surface area contributed by atoms with E-state index in [-0.39, 0.29) is 24.8 Å². The van der Waals surface area contributed by atoms with Gasteiger partial charge in [-0.15, -0.1) is 24.8 Å². The number of pyridine rings is 2. The number of halogens is 2. The van der Waals surface area contributed by atoms with Gasteiger partial charge in [0, 0.05) is 47.0 Å². The summed E-state index contributed by atoms with van der Waals surface area (Å²) in [6, 6.07) is 16.4. The van der Waals surface area contributed by atoms with Gasteiger partial charge in [0.2, 0.25) is 0 Å². The molecule has 37 heavy (non-hydrogen) atoms. The number of fused-ring (bicyclic) bond motifs is 3. The second-order valence-electron chi connectivity index (χ2n) is 9.66. The molecule has 0 aliphatic heterocycles. The lowest BCUT2D eigenvalue weighted by atomic mass is 9.92. The van der Waals surface area contributed by atoms with Crippen LogP contribution in [-0.4, -0.2) is 28.2 Å². The number of phenols is 1. The summed E-state index contributed by atoms with van der Waals surface area (Å²) in [4.78, 5) is 9.25. The monoisotopic (exact) mass is 540 g/mol. The van der Waals surface area contributed by atoms with Crippen molar-refractivity contribution in [3.63, 3.8) is 0 Å². The van der Waals surface area contributed by atoms with E-state index in [1.165, 1.54) is 60.9 Å². The van der Waals surface area contributed by atoms with E-state index in [1.807, 2.05) is 24.3 Å². The van der Waals surface area contributed by atoms with E-state index >= 15 is 0 Å². The van der Waals surface area contributed by atoms with Gasteiger partial charge in [0.05, 0.1) is 5.52 Å². The van der Waals surface area contributed by atoms with Crippen molar-refractivity contribution in [2.45, 2.75) is 64.3 Å². The van der Waals surface area contributed by atoms with Crippen molar-refractivity contribution in [2.24, 2.45) is 0 Å². The Kier molecular flexibility index (Phi) is 11.2.